The average molecular weight is 490 g/mol. The number of carbonyl (C=O) groups excluding carboxylic acids is 2. The fraction of sp³-hybridized carbons (Fsp3) is 0.185. The molecule has 0 atom stereocenters. The standard InChI is InChI=1S/C27H24ClN3O4/c28-23-17-21(29-26(32)18-35-22-9-7-19-4-1-2-5-20(19)16-22)8-10-24(23)30-11-13-31(14-12-30)27(33)25-6-3-15-34-25/h1-10,15-17H,11-14,18H2,(H,29,32). The van der Waals surface area contributed by atoms with Crippen LogP contribution in [0.2, 0.25) is 5.02 Å². The number of benzene rings is 3. The van der Waals surface area contributed by atoms with Crippen LogP contribution in [-0.4, -0.2) is 49.5 Å². The van der Waals surface area contributed by atoms with E-state index in [1.807, 2.05) is 54.6 Å². The highest BCUT2D eigenvalue weighted by atomic mass is 35.5. The van der Waals surface area contributed by atoms with Crippen LogP contribution >= 0.6 is 11.6 Å². The molecule has 0 radical (unpaired) electrons. The van der Waals surface area contributed by atoms with Crippen LogP contribution in [0.4, 0.5) is 11.4 Å². The van der Waals surface area contributed by atoms with Crippen molar-refractivity contribution in [1.82, 2.24) is 4.90 Å². The molecule has 1 aliphatic heterocycles. The third-order valence-corrected chi connectivity index (χ3v) is 6.26. The third-order valence-electron chi connectivity index (χ3n) is 5.96. The van der Waals surface area contributed by atoms with E-state index in [0.717, 1.165) is 16.5 Å². The molecule has 2 amide bonds. The van der Waals surface area contributed by atoms with Gasteiger partial charge >= 0.3 is 0 Å². The van der Waals surface area contributed by atoms with E-state index in [2.05, 4.69) is 10.2 Å². The van der Waals surface area contributed by atoms with Gasteiger partial charge in [-0.15, -0.1) is 0 Å². The Labute approximate surface area is 207 Å². The summed E-state index contributed by atoms with van der Waals surface area (Å²) >= 11 is 6.54. The van der Waals surface area contributed by atoms with Crippen molar-refractivity contribution in [2.45, 2.75) is 0 Å². The number of furan rings is 1. The number of amides is 2. The van der Waals surface area contributed by atoms with Gasteiger partial charge in [0, 0.05) is 31.9 Å². The molecule has 3 aromatic carbocycles. The van der Waals surface area contributed by atoms with E-state index in [0.29, 0.717) is 48.4 Å². The minimum absolute atomic E-state index is 0.107. The second-order valence-electron chi connectivity index (χ2n) is 8.27. The van der Waals surface area contributed by atoms with Crippen LogP contribution in [-0.2, 0) is 4.79 Å². The van der Waals surface area contributed by atoms with Crippen LogP contribution in [0.15, 0.2) is 83.5 Å². The number of ether oxygens (including phenoxy) is 1. The number of rotatable bonds is 6. The monoisotopic (exact) mass is 489 g/mol. The van der Waals surface area contributed by atoms with Crippen molar-refractivity contribution in [1.29, 1.82) is 0 Å². The number of hydrogen-bond acceptors (Lipinski definition) is 5. The molecule has 7 nitrogen and oxygen atoms in total. The van der Waals surface area contributed by atoms with Gasteiger partial charge in [-0.05, 0) is 53.2 Å². The number of halogens is 1. The lowest BCUT2D eigenvalue weighted by Gasteiger charge is -2.36. The van der Waals surface area contributed by atoms with Crippen molar-refractivity contribution in [3.05, 3.63) is 89.8 Å². The zero-order valence-electron chi connectivity index (χ0n) is 18.9. The molecule has 8 heteroatoms. The van der Waals surface area contributed by atoms with Crippen molar-refractivity contribution >= 4 is 45.6 Å². The number of fused-ring (bicyclic) bond motifs is 1. The van der Waals surface area contributed by atoms with Crippen molar-refractivity contribution in [2.75, 3.05) is 43.0 Å². The number of anilines is 2. The van der Waals surface area contributed by atoms with Gasteiger partial charge in [0.1, 0.15) is 5.75 Å². The molecule has 0 unspecified atom stereocenters. The summed E-state index contributed by atoms with van der Waals surface area (Å²) in [6, 6.07) is 22.5. The van der Waals surface area contributed by atoms with E-state index >= 15 is 0 Å². The maximum atomic E-state index is 12.5. The average Bonchev–Trinajstić information content (AvgIpc) is 3.42. The Balaban J connectivity index is 1.14. The lowest BCUT2D eigenvalue weighted by atomic mass is 10.1. The highest BCUT2D eigenvalue weighted by molar-refractivity contribution is 6.33. The van der Waals surface area contributed by atoms with Crippen molar-refractivity contribution < 1.29 is 18.7 Å². The first-order chi connectivity index (χ1) is 17.1. The summed E-state index contributed by atoms with van der Waals surface area (Å²) in [6.45, 7) is 2.33. The second-order valence-corrected chi connectivity index (χ2v) is 8.68. The second kappa shape index (κ2) is 10.1. The van der Waals surface area contributed by atoms with Gasteiger partial charge in [0.05, 0.1) is 17.0 Å². The molecule has 0 aliphatic carbocycles. The largest absolute Gasteiger partial charge is 0.484 e. The van der Waals surface area contributed by atoms with Gasteiger partial charge in [0.15, 0.2) is 12.4 Å². The van der Waals surface area contributed by atoms with Crippen LogP contribution in [0.5, 0.6) is 5.75 Å². The van der Waals surface area contributed by atoms with Gasteiger partial charge in [0.2, 0.25) is 0 Å². The van der Waals surface area contributed by atoms with Crippen molar-refractivity contribution in [2.24, 2.45) is 0 Å². The van der Waals surface area contributed by atoms with E-state index in [4.69, 9.17) is 20.8 Å². The molecule has 0 spiro atoms. The predicted molar refractivity (Wildman–Crippen MR) is 136 cm³/mol. The Hall–Kier alpha value is -3.97. The lowest BCUT2D eigenvalue weighted by Crippen LogP contribution is -2.48. The first-order valence-electron chi connectivity index (χ1n) is 11.4. The fourth-order valence-electron chi connectivity index (χ4n) is 4.15. The van der Waals surface area contributed by atoms with Gasteiger partial charge in [-0.2, -0.15) is 0 Å². The summed E-state index contributed by atoms with van der Waals surface area (Å²) < 4.78 is 10.9. The molecule has 35 heavy (non-hydrogen) atoms. The minimum atomic E-state index is -0.271. The van der Waals surface area contributed by atoms with E-state index < -0.39 is 0 Å². The maximum absolute atomic E-state index is 12.5. The van der Waals surface area contributed by atoms with Crippen LogP contribution in [0.1, 0.15) is 10.6 Å². The summed E-state index contributed by atoms with van der Waals surface area (Å²) in [5.41, 5.74) is 1.46. The fourth-order valence-corrected chi connectivity index (χ4v) is 4.45. The van der Waals surface area contributed by atoms with Crippen LogP contribution in [0.25, 0.3) is 10.8 Å². The number of nitrogens with one attached hydrogen (secondary N) is 1. The molecule has 4 aromatic rings. The highest BCUT2D eigenvalue weighted by Crippen LogP contribution is 2.30. The topological polar surface area (TPSA) is 75.0 Å². The van der Waals surface area contributed by atoms with Gasteiger partial charge in [-0.1, -0.05) is 41.9 Å². The number of carbonyl (C=O) groups is 2. The van der Waals surface area contributed by atoms with Gasteiger partial charge in [-0.25, -0.2) is 0 Å². The number of piperazine rings is 1. The molecule has 1 aliphatic rings. The third kappa shape index (κ3) is 5.25. The predicted octanol–water partition coefficient (Wildman–Crippen LogP) is 5.07. The first-order valence-corrected chi connectivity index (χ1v) is 11.7. The Morgan fingerprint density at radius 2 is 1.71 bits per heavy atom. The van der Waals surface area contributed by atoms with Crippen LogP contribution in [0, 0.1) is 0 Å². The SMILES string of the molecule is O=C(COc1ccc2ccccc2c1)Nc1ccc(N2CCN(C(=O)c3ccco3)CC2)c(Cl)c1. The molecular weight excluding hydrogens is 466 g/mol. The Morgan fingerprint density at radius 3 is 2.46 bits per heavy atom. The number of nitrogens with zero attached hydrogens (tertiary/aromatic N) is 2. The molecule has 0 bridgehead atoms. The summed E-state index contributed by atoms with van der Waals surface area (Å²) in [5.74, 6) is 0.606. The molecule has 1 saturated heterocycles. The highest BCUT2D eigenvalue weighted by Gasteiger charge is 2.24. The van der Waals surface area contributed by atoms with Crippen molar-refractivity contribution in [3.63, 3.8) is 0 Å². The smallest absolute Gasteiger partial charge is 0.289 e. The van der Waals surface area contributed by atoms with Gasteiger partial charge in [-0.3, -0.25) is 9.59 Å². The van der Waals surface area contributed by atoms with E-state index in [-0.39, 0.29) is 18.4 Å². The normalized spacial score (nSPS) is 13.6. The molecule has 1 fully saturated rings. The summed E-state index contributed by atoms with van der Waals surface area (Å²) in [6.07, 6.45) is 1.50. The molecule has 1 N–H and O–H groups in total. The van der Waals surface area contributed by atoms with Gasteiger partial charge < -0.3 is 24.3 Å². The number of hydrogen-bond donors (Lipinski definition) is 1. The molecular formula is C27H24ClN3O4. The van der Waals surface area contributed by atoms with Crippen LogP contribution in [0.3, 0.4) is 0 Å². The molecule has 0 saturated carbocycles. The molecule has 1 aromatic heterocycles. The quantitative estimate of drug-likeness (QED) is 0.409. The Kier molecular flexibility index (Phi) is 6.59. The first kappa shape index (κ1) is 22.8. The van der Waals surface area contributed by atoms with Crippen molar-refractivity contribution in [3.8, 4) is 5.75 Å². The zero-order chi connectivity index (χ0) is 24.2. The Morgan fingerprint density at radius 1 is 0.914 bits per heavy atom. The molecule has 5 rings (SSSR count). The summed E-state index contributed by atoms with van der Waals surface area (Å²) in [7, 11) is 0. The molecule has 2 heterocycles. The molecule has 178 valence electrons. The summed E-state index contributed by atoms with van der Waals surface area (Å²) in [4.78, 5) is 28.8. The Bertz CT molecular complexity index is 1350. The van der Waals surface area contributed by atoms with Crippen LogP contribution < -0.4 is 15.0 Å². The summed E-state index contributed by atoms with van der Waals surface area (Å²) in [5, 5.41) is 5.53. The lowest BCUT2D eigenvalue weighted by molar-refractivity contribution is -0.118. The van der Waals surface area contributed by atoms with E-state index in [9.17, 15) is 9.59 Å². The maximum Gasteiger partial charge on any atom is 0.289 e. The van der Waals surface area contributed by atoms with E-state index in [1.54, 1.807) is 23.1 Å². The zero-order valence-corrected chi connectivity index (χ0v) is 19.7. The van der Waals surface area contributed by atoms with Gasteiger partial charge in [0.25, 0.3) is 11.8 Å². The minimum Gasteiger partial charge on any atom is -0.484 e. The van der Waals surface area contributed by atoms with E-state index in [1.165, 1.54) is 6.26 Å².